The number of rotatable bonds is 4. The van der Waals surface area contributed by atoms with E-state index in [4.69, 9.17) is 4.52 Å². The van der Waals surface area contributed by atoms with Gasteiger partial charge in [0.1, 0.15) is 5.82 Å². The molecule has 21 heavy (non-hydrogen) atoms. The molecule has 112 valence electrons. The van der Waals surface area contributed by atoms with Crippen LogP contribution < -0.4 is 5.32 Å². The van der Waals surface area contributed by atoms with Crippen LogP contribution in [-0.2, 0) is 6.42 Å². The van der Waals surface area contributed by atoms with E-state index in [1.54, 1.807) is 6.07 Å². The highest BCUT2D eigenvalue weighted by atomic mass is 79.9. The normalized spacial score (nSPS) is 18.9. The Morgan fingerprint density at radius 2 is 2.24 bits per heavy atom. The zero-order valence-corrected chi connectivity index (χ0v) is 13.2. The standard InChI is InChI=1S/C15H17BrFN3O/c16-11-7-10(8-12(17)9-11)15-19-14(21-20-15)5-4-13-3-1-2-6-18-13/h7-9,13,18H,1-6H2. The number of aromatic nitrogens is 2. The number of halogens is 2. The highest BCUT2D eigenvalue weighted by Gasteiger charge is 2.15. The molecule has 1 fully saturated rings. The van der Waals surface area contributed by atoms with Crippen molar-refractivity contribution in [3.63, 3.8) is 0 Å². The first kappa shape index (κ1) is 14.7. The first-order valence-electron chi connectivity index (χ1n) is 7.23. The van der Waals surface area contributed by atoms with Gasteiger partial charge in [0.2, 0.25) is 11.7 Å². The molecule has 0 aliphatic carbocycles. The first-order chi connectivity index (χ1) is 10.2. The number of nitrogens with zero attached hydrogens (tertiary/aromatic N) is 2. The third-order valence-electron chi connectivity index (χ3n) is 3.71. The summed E-state index contributed by atoms with van der Waals surface area (Å²) in [6.07, 6.45) is 5.49. The van der Waals surface area contributed by atoms with E-state index < -0.39 is 0 Å². The lowest BCUT2D eigenvalue weighted by atomic mass is 10.0. The van der Waals surface area contributed by atoms with Gasteiger partial charge in [-0.3, -0.25) is 0 Å². The zero-order chi connectivity index (χ0) is 14.7. The van der Waals surface area contributed by atoms with E-state index in [2.05, 4.69) is 31.4 Å². The Labute approximate surface area is 131 Å². The fourth-order valence-corrected chi connectivity index (χ4v) is 3.09. The van der Waals surface area contributed by atoms with Gasteiger partial charge in [-0.25, -0.2) is 4.39 Å². The number of hydrogen-bond acceptors (Lipinski definition) is 4. The van der Waals surface area contributed by atoms with Crippen LogP contribution in [-0.4, -0.2) is 22.7 Å². The molecule has 0 bridgehead atoms. The molecular formula is C15H17BrFN3O. The number of aryl methyl sites for hydroxylation is 1. The van der Waals surface area contributed by atoms with Crippen molar-refractivity contribution in [3.8, 4) is 11.4 Å². The molecule has 4 nitrogen and oxygen atoms in total. The SMILES string of the molecule is Fc1cc(Br)cc(-c2noc(CCC3CCCCN3)n2)c1. The summed E-state index contributed by atoms with van der Waals surface area (Å²) in [6, 6.07) is 5.12. The van der Waals surface area contributed by atoms with Gasteiger partial charge in [0.15, 0.2) is 0 Å². The van der Waals surface area contributed by atoms with Crippen molar-refractivity contribution in [2.45, 2.75) is 38.1 Å². The van der Waals surface area contributed by atoms with E-state index in [1.807, 2.05) is 0 Å². The number of piperidine rings is 1. The highest BCUT2D eigenvalue weighted by molar-refractivity contribution is 9.10. The van der Waals surface area contributed by atoms with Crippen molar-refractivity contribution < 1.29 is 8.91 Å². The Morgan fingerprint density at radius 1 is 1.33 bits per heavy atom. The number of hydrogen-bond donors (Lipinski definition) is 1. The van der Waals surface area contributed by atoms with Crippen LogP contribution in [0.15, 0.2) is 27.2 Å². The summed E-state index contributed by atoms with van der Waals surface area (Å²) in [4.78, 5) is 4.35. The topological polar surface area (TPSA) is 51.0 Å². The molecule has 1 atom stereocenters. The van der Waals surface area contributed by atoms with Crippen LogP contribution in [0.5, 0.6) is 0 Å². The van der Waals surface area contributed by atoms with Gasteiger partial charge in [-0.05, 0) is 44.0 Å². The Morgan fingerprint density at radius 3 is 3.00 bits per heavy atom. The van der Waals surface area contributed by atoms with E-state index in [0.29, 0.717) is 27.8 Å². The van der Waals surface area contributed by atoms with E-state index in [1.165, 1.54) is 31.4 Å². The predicted molar refractivity (Wildman–Crippen MR) is 81.4 cm³/mol. The van der Waals surface area contributed by atoms with Gasteiger partial charge in [0.25, 0.3) is 0 Å². The minimum Gasteiger partial charge on any atom is -0.339 e. The predicted octanol–water partition coefficient (Wildman–Crippen LogP) is 3.71. The Hall–Kier alpha value is -1.27. The summed E-state index contributed by atoms with van der Waals surface area (Å²) in [6.45, 7) is 1.09. The lowest BCUT2D eigenvalue weighted by molar-refractivity contribution is 0.342. The lowest BCUT2D eigenvalue weighted by Crippen LogP contribution is -2.34. The second kappa shape index (κ2) is 6.66. The van der Waals surface area contributed by atoms with Crippen LogP contribution in [0.25, 0.3) is 11.4 Å². The van der Waals surface area contributed by atoms with Gasteiger partial charge in [-0.2, -0.15) is 4.98 Å². The van der Waals surface area contributed by atoms with Gasteiger partial charge < -0.3 is 9.84 Å². The van der Waals surface area contributed by atoms with Crippen LogP contribution in [0.3, 0.4) is 0 Å². The Kier molecular flexibility index (Phi) is 4.65. The molecule has 0 spiro atoms. The van der Waals surface area contributed by atoms with Crippen molar-refractivity contribution in [3.05, 3.63) is 34.4 Å². The van der Waals surface area contributed by atoms with Crippen LogP contribution in [0, 0.1) is 5.82 Å². The van der Waals surface area contributed by atoms with E-state index in [9.17, 15) is 4.39 Å². The molecule has 1 aromatic carbocycles. The quantitative estimate of drug-likeness (QED) is 0.909. The smallest absolute Gasteiger partial charge is 0.227 e. The van der Waals surface area contributed by atoms with Crippen LogP contribution in [0.1, 0.15) is 31.6 Å². The third kappa shape index (κ3) is 3.89. The summed E-state index contributed by atoms with van der Waals surface area (Å²) in [5.41, 5.74) is 0.618. The van der Waals surface area contributed by atoms with Crippen LogP contribution >= 0.6 is 15.9 Å². The maximum absolute atomic E-state index is 13.4. The van der Waals surface area contributed by atoms with E-state index >= 15 is 0 Å². The molecule has 2 aromatic rings. The van der Waals surface area contributed by atoms with Crippen molar-refractivity contribution in [1.29, 1.82) is 0 Å². The van der Waals surface area contributed by atoms with Gasteiger partial charge in [0, 0.05) is 22.5 Å². The van der Waals surface area contributed by atoms with Gasteiger partial charge in [0.05, 0.1) is 0 Å². The van der Waals surface area contributed by atoms with Gasteiger partial charge in [-0.1, -0.05) is 27.5 Å². The van der Waals surface area contributed by atoms with Gasteiger partial charge in [-0.15, -0.1) is 0 Å². The monoisotopic (exact) mass is 353 g/mol. The van der Waals surface area contributed by atoms with Crippen LogP contribution in [0.4, 0.5) is 4.39 Å². The molecule has 1 N–H and O–H groups in total. The second-order valence-corrected chi connectivity index (χ2v) is 6.27. The van der Waals surface area contributed by atoms with E-state index in [-0.39, 0.29) is 5.82 Å². The Balaban J connectivity index is 1.65. The lowest BCUT2D eigenvalue weighted by Gasteiger charge is -2.22. The summed E-state index contributed by atoms with van der Waals surface area (Å²) < 4.78 is 19.3. The average molecular weight is 354 g/mol. The first-order valence-corrected chi connectivity index (χ1v) is 8.02. The molecule has 6 heteroatoms. The number of benzene rings is 1. The van der Waals surface area contributed by atoms with E-state index in [0.717, 1.165) is 19.4 Å². The fraction of sp³-hybridized carbons (Fsp3) is 0.467. The average Bonchev–Trinajstić information content (AvgIpc) is 2.94. The van der Waals surface area contributed by atoms with Gasteiger partial charge >= 0.3 is 0 Å². The molecule has 2 heterocycles. The van der Waals surface area contributed by atoms with Crippen molar-refractivity contribution in [2.24, 2.45) is 0 Å². The molecule has 1 aliphatic heterocycles. The molecule has 1 saturated heterocycles. The summed E-state index contributed by atoms with van der Waals surface area (Å²) in [7, 11) is 0. The largest absolute Gasteiger partial charge is 0.339 e. The summed E-state index contributed by atoms with van der Waals surface area (Å²) >= 11 is 3.27. The van der Waals surface area contributed by atoms with Crippen molar-refractivity contribution in [1.82, 2.24) is 15.5 Å². The second-order valence-electron chi connectivity index (χ2n) is 5.36. The zero-order valence-electron chi connectivity index (χ0n) is 11.6. The maximum atomic E-state index is 13.4. The minimum atomic E-state index is -0.322. The molecule has 0 radical (unpaired) electrons. The maximum Gasteiger partial charge on any atom is 0.227 e. The van der Waals surface area contributed by atoms with Crippen molar-refractivity contribution >= 4 is 15.9 Å². The molecular weight excluding hydrogens is 337 g/mol. The molecule has 1 unspecified atom stereocenters. The summed E-state index contributed by atoms with van der Waals surface area (Å²) in [5.74, 6) is 0.719. The third-order valence-corrected chi connectivity index (χ3v) is 4.17. The molecule has 1 aliphatic rings. The molecule has 1 aromatic heterocycles. The summed E-state index contributed by atoms with van der Waals surface area (Å²) in [5, 5.41) is 7.44. The minimum absolute atomic E-state index is 0.322. The Bertz CT molecular complexity index is 590. The molecule has 0 amide bonds. The highest BCUT2D eigenvalue weighted by Crippen LogP contribution is 2.23. The fourth-order valence-electron chi connectivity index (χ4n) is 2.62. The van der Waals surface area contributed by atoms with Crippen LogP contribution in [0.2, 0.25) is 0 Å². The molecule has 3 rings (SSSR count). The number of nitrogens with one attached hydrogen (secondary N) is 1. The molecule has 0 saturated carbocycles. The van der Waals surface area contributed by atoms with Crippen molar-refractivity contribution in [2.75, 3.05) is 6.54 Å².